The summed E-state index contributed by atoms with van der Waals surface area (Å²) in [5.74, 6) is -5.90. The molecule has 4 rings (SSSR count). The molecule has 0 aliphatic rings. The SMILES string of the molecule is CCCCc1nc(C(F)(F)C(F)(F)F)c(COC)n1Cc1ccc(-c2ccccc2S(=O)(=O)NC(=O)c2ccccc2)cc1. The van der Waals surface area contributed by atoms with Crippen LogP contribution in [0, 0.1) is 0 Å². The molecule has 0 fully saturated rings. The Morgan fingerprint density at radius 2 is 1.57 bits per heavy atom. The number of nitrogens with one attached hydrogen (secondary N) is 1. The Morgan fingerprint density at radius 3 is 2.18 bits per heavy atom. The van der Waals surface area contributed by atoms with Crippen molar-refractivity contribution in [1.29, 1.82) is 0 Å². The van der Waals surface area contributed by atoms with Crippen LogP contribution in [-0.2, 0) is 40.3 Å². The molecule has 1 N–H and O–H groups in total. The van der Waals surface area contributed by atoms with Crippen molar-refractivity contribution >= 4 is 15.9 Å². The van der Waals surface area contributed by atoms with Gasteiger partial charge in [0.25, 0.3) is 15.9 Å². The summed E-state index contributed by atoms with van der Waals surface area (Å²) in [5.41, 5.74) is -0.284. The van der Waals surface area contributed by atoms with E-state index in [1.165, 1.54) is 35.9 Å². The predicted octanol–water partition coefficient (Wildman–Crippen LogP) is 6.86. The van der Waals surface area contributed by atoms with E-state index >= 15 is 0 Å². The molecule has 0 aliphatic carbocycles. The molecule has 7 nitrogen and oxygen atoms in total. The first-order valence-corrected chi connectivity index (χ1v) is 15.1. The van der Waals surface area contributed by atoms with Gasteiger partial charge in [0, 0.05) is 31.2 Å². The van der Waals surface area contributed by atoms with Gasteiger partial charge in [-0.2, -0.15) is 22.0 Å². The fourth-order valence-corrected chi connectivity index (χ4v) is 5.86. The van der Waals surface area contributed by atoms with Crippen LogP contribution in [-0.4, -0.2) is 37.2 Å². The first-order valence-electron chi connectivity index (χ1n) is 13.6. The molecule has 0 atom stereocenters. The van der Waals surface area contributed by atoms with Crippen LogP contribution in [0.5, 0.6) is 0 Å². The molecule has 4 aromatic rings. The number of hydrogen-bond acceptors (Lipinski definition) is 5. The lowest BCUT2D eigenvalue weighted by Crippen LogP contribution is -2.35. The number of carbonyl (C=O) groups is 1. The molecular weight excluding hydrogens is 605 g/mol. The van der Waals surface area contributed by atoms with E-state index in [9.17, 15) is 35.2 Å². The molecule has 1 aromatic heterocycles. The number of aromatic nitrogens is 2. The van der Waals surface area contributed by atoms with Crippen molar-refractivity contribution in [1.82, 2.24) is 14.3 Å². The Bertz CT molecular complexity index is 1700. The molecular formula is C31H30F5N3O4S. The summed E-state index contributed by atoms with van der Waals surface area (Å²) in [6.07, 6.45) is -4.47. The van der Waals surface area contributed by atoms with Crippen molar-refractivity contribution in [3.05, 3.63) is 107 Å². The number of hydrogen-bond donors (Lipinski definition) is 1. The summed E-state index contributed by atoms with van der Waals surface area (Å²) in [7, 11) is -3.09. The molecule has 44 heavy (non-hydrogen) atoms. The number of rotatable bonds is 12. The van der Waals surface area contributed by atoms with Crippen molar-refractivity contribution in [2.45, 2.75) is 56.3 Å². The van der Waals surface area contributed by atoms with E-state index in [-0.39, 0.29) is 34.9 Å². The number of aryl methyl sites for hydroxylation is 1. The summed E-state index contributed by atoms with van der Waals surface area (Å²) in [4.78, 5) is 16.2. The number of halogens is 5. The Labute approximate surface area is 251 Å². The zero-order chi connectivity index (χ0) is 32.1. The monoisotopic (exact) mass is 635 g/mol. The van der Waals surface area contributed by atoms with E-state index < -0.39 is 40.3 Å². The van der Waals surface area contributed by atoms with E-state index in [4.69, 9.17) is 4.74 Å². The number of methoxy groups -OCH3 is 1. The minimum Gasteiger partial charge on any atom is -0.378 e. The van der Waals surface area contributed by atoms with Crippen molar-refractivity contribution in [2.75, 3.05) is 7.11 Å². The molecule has 1 amide bonds. The third kappa shape index (κ3) is 6.99. The van der Waals surface area contributed by atoms with Crippen LogP contribution >= 0.6 is 0 Å². The quantitative estimate of drug-likeness (QED) is 0.172. The molecule has 0 saturated heterocycles. The zero-order valence-corrected chi connectivity index (χ0v) is 24.7. The molecule has 234 valence electrons. The maximum atomic E-state index is 14.5. The van der Waals surface area contributed by atoms with E-state index in [2.05, 4.69) is 9.71 Å². The van der Waals surface area contributed by atoms with E-state index in [1.807, 2.05) is 6.92 Å². The molecule has 0 unspecified atom stereocenters. The highest BCUT2D eigenvalue weighted by Crippen LogP contribution is 2.45. The second-order valence-electron chi connectivity index (χ2n) is 10.0. The highest BCUT2D eigenvalue weighted by molar-refractivity contribution is 7.90. The van der Waals surface area contributed by atoms with Gasteiger partial charge in [0.1, 0.15) is 11.5 Å². The third-order valence-electron chi connectivity index (χ3n) is 6.89. The van der Waals surface area contributed by atoms with Crippen molar-refractivity contribution in [3.63, 3.8) is 0 Å². The average molecular weight is 636 g/mol. The summed E-state index contributed by atoms with van der Waals surface area (Å²) in [6.45, 7) is 1.27. The van der Waals surface area contributed by atoms with Gasteiger partial charge in [-0.05, 0) is 35.7 Å². The predicted molar refractivity (Wildman–Crippen MR) is 154 cm³/mol. The lowest BCUT2D eigenvalue weighted by molar-refractivity contribution is -0.291. The van der Waals surface area contributed by atoms with Gasteiger partial charge in [-0.3, -0.25) is 4.79 Å². The summed E-state index contributed by atoms with van der Waals surface area (Å²) < 4.78 is 104. The molecule has 1 heterocycles. The smallest absolute Gasteiger partial charge is 0.378 e. The van der Waals surface area contributed by atoms with Crippen LogP contribution < -0.4 is 4.72 Å². The molecule has 0 spiro atoms. The molecule has 0 saturated carbocycles. The Morgan fingerprint density at radius 1 is 0.932 bits per heavy atom. The minimum absolute atomic E-state index is 0.0764. The molecule has 0 radical (unpaired) electrons. The van der Waals surface area contributed by atoms with Crippen LogP contribution in [0.2, 0.25) is 0 Å². The van der Waals surface area contributed by atoms with Gasteiger partial charge < -0.3 is 9.30 Å². The van der Waals surface area contributed by atoms with Gasteiger partial charge in [0.2, 0.25) is 0 Å². The largest absolute Gasteiger partial charge is 0.459 e. The van der Waals surface area contributed by atoms with Crippen LogP contribution in [0.15, 0.2) is 83.8 Å². The van der Waals surface area contributed by atoms with Crippen molar-refractivity contribution in [2.24, 2.45) is 0 Å². The molecule has 3 aromatic carbocycles. The maximum absolute atomic E-state index is 14.5. The molecule has 0 bridgehead atoms. The summed E-state index contributed by atoms with van der Waals surface area (Å²) in [6, 6.07) is 20.4. The number of sulfonamides is 1. The number of nitrogens with zero attached hydrogens (tertiary/aromatic N) is 2. The third-order valence-corrected chi connectivity index (χ3v) is 8.27. The second kappa shape index (κ2) is 13.3. The lowest BCUT2D eigenvalue weighted by Gasteiger charge is -2.19. The van der Waals surface area contributed by atoms with Gasteiger partial charge in [0.05, 0.1) is 17.2 Å². The Hall–Kier alpha value is -4.10. The Balaban J connectivity index is 1.68. The number of ether oxygens (including phenoxy) is 1. The van der Waals surface area contributed by atoms with Crippen molar-refractivity contribution < 1.29 is 39.9 Å². The normalized spacial score (nSPS) is 12.3. The van der Waals surface area contributed by atoms with Crippen molar-refractivity contribution in [3.8, 4) is 11.1 Å². The molecule has 13 heteroatoms. The topological polar surface area (TPSA) is 90.3 Å². The number of amides is 1. The highest BCUT2D eigenvalue weighted by Gasteiger charge is 2.61. The highest BCUT2D eigenvalue weighted by atomic mass is 32.2. The maximum Gasteiger partial charge on any atom is 0.459 e. The second-order valence-corrected chi connectivity index (χ2v) is 11.7. The number of carbonyl (C=O) groups excluding carboxylic acids is 1. The van der Waals surface area contributed by atoms with Gasteiger partial charge in [-0.25, -0.2) is 18.1 Å². The number of alkyl halides is 5. The van der Waals surface area contributed by atoms with Gasteiger partial charge in [-0.1, -0.05) is 74.0 Å². The summed E-state index contributed by atoms with van der Waals surface area (Å²) >= 11 is 0. The van der Waals surface area contributed by atoms with Gasteiger partial charge in [-0.15, -0.1) is 0 Å². The number of benzene rings is 3. The van der Waals surface area contributed by atoms with Gasteiger partial charge >= 0.3 is 12.1 Å². The van der Waals surface area contributed by atoms with Crippen LogP contribution in [0.3, 0.4) is 0 Å². The van der Waals surface area contributed by atoms with E-state index in [1.54, 1.807) is 54.6 Å². The first-order chi connectivity index (χ1) is 20.8. The van der Waals surface area contributed by atoms with E-state index in [0.717, 1.165) is 0 Å². The zero-order valence-electron chi connectivity index (χ0n) is 23.9. The minimum atomic E-state index is -5.84. The average Bonchev–Trinajstić information content (AvgIpc) is 3.33. The number of unbranched alkanes of at least 4 members (excludes halogenated alkanes) is 1. The fourth-order valence-electron chi connectivity index (χ4n) is 4.66. The first kappa shape index (κ1) is 32.8. The summed E-state index contributed by atoms with van der Waals surface area (Å²) in [5, 5.41) is 0. The van der Waals surface area contributed by atoms with Gasteiger partial charge in [0.15, 0.2) is 0 Å². The fraction of sp³-hybridized carbons (Fsp3) is 0.290. The van der Waals surface area contributed by atoms with Crippen LogP contribution in [0.4, 0.5) is 22.0 Å². The van der Waals surface area contributed by atoms with E-state index in [0.29, 0.717) is 29.5 Å². The Kier molecular flexibility index (Phi) is 9.89. The van der Waals surface area contributed by atoms with Crippen LogP contribution in [0.1, 0.15) is 52.9 Å². The van der Waals surface area contributed by atoms with Crippen LogP contribution in [0.25, 0.3) is 11.1 Å². The molecule has 0 aliphatic heterocycles. The standard InChI is InChI=1S/C31H30F5N3O4S/c1-3-4-14-27-37-28(30(32,33)31(34,35)36)25(20-43-2)39(27)19-21-15-17-22(18-16-21)24-12-8-9-13-26(24)44(41,42)38-29(40)23-10-6-5-7-11-23/h5-13,15-18H,3-4,14,19-20H2,1-2H3,(H,38,40). The lowest BCUT2D eigenvalue weighted by atomic mass is 10.0. The number of imidazole rings is 1.